The van der Waals surface area contributed by atoms with Crippen molar-refractivity contribution in [3.05, 3.63) is 33.7 Å². The smallest absolute Gasteiger partial charge is 0.308 e. The maximum Gasteiger partial charge on any atom is 0.308 e. The molecule has 3 aromatic rings. The maximum atomic E-state index is 11.1. The number of thiazole rings is 1. The zero-order valence-corrected chi connectivity index (χ0v) is 15.2. The molecule has 3 heterocycles. The zero-order chi connectivity index (χ0) is 17.3. The quantitative estimate of drug-likeness (QED) is 0.727. The third-order valence-corrected chi connectivity index (χ3v) is 5.44. The highest BCUT2D eigenvalue weighted by molar-refractivity contribution is 7.20. The first kappa shape index (κ1) is 16.8. The molecule has 0 amide bonds. The molecule has 0 saturated heterocycles. The second-order valence-corrected chi connectivity index (χ2v) is 7.93. The van der Waals surface area contributed by atoms with Crippen LogP contribution in [0.1, 0.15) is 4.88 Å². The van der Waals surface area contributed by atoms with Gasteiger partial charge in [0.05, 0.1) is 21.3 Å². The van der Waals surface area contributed by atoms with Crippen molar-refractivity contribution < 1.29 is 9.90 Å². The minimum atomic E-state index is -0.895. The molecule has 0 spiro atoms. The number of aliphatic carboxylic acids is 1. The van der Waals surface area contributed by atoms with Crippen molar-refractivity contribution in [1.29, 1.82) is 0 Å². The number of nitrogens with zero attached hydrogens (tertiary/aromatic N) is 4. The molecule has 0 aliphatic rings. The Balaban J connectivity index is 2.02. The van der Waals surface area contributed by atoms with Gasteiger partial charge in [-0.2, -0.15) is 0 Å². The summed E-state index contributed by atoms with van der Waals surface area (Å²) in [4.78, 5) is 27.7. The van der Waals surface area contributed by atoms with Crippen LogP contribution in [0.5, 0.6) is 0 Å². The highest BCUT2D eigenvalue weighted by Crippen LogP contribution is 2.38. The number of hydrogen-bond donors (Lipinski definition) is 1. The van der Waals surface area contributed by atoms with Crippen LogP contribution >= 0.6 is 34.3 Å². The summed E-state index contributed by atoms with van der Waals surface area (Å²) in [5, 5.41) is 9.84. The third kappa shape index (κ3) is 3.55. The fourth-order valence-electron chi connectivity index (χ4n) is 2.03. The van der Waals surface area contributed by atoms with E-state index in [2.05, 4.69) is 15.0 Å². The molecule has 6 nitrogen and oxygen atoms in total. The Hall–Kier alpha value is -2.03. The molecule has 0 atom stereocenters. The Kier molecular flexibility index (Phi) is 4.79. The van der Waals surface area contributed by atoms with Gasteiger partial charge >= 0.3 is 5.97 Å². The van der Waals surface area contributed by atoms with E-state index in [1.54, 1.807) is 23.4 Å². The fourth-order valence-corrected chi connectivity index (χ4v) is 4.20. The van der Waals surface area contributed by atoms with Gasteiger partial charge in [-0.15, -0.1) is 22.7 Å². The van der Waals surface area contributed by atoms with Crippen LogP contribution in [0.3, 0.4) is 0 Å². The number of thiophene rings is 1. The summed E-state index contributed by atoms with van der Waals surface area (Å²) in [6, 6.07) is 3.63. The average molecular weight is 381 g/mol. The Morgan fingerprint density at radius 2 is 1.96 bits per heavy atom. The Morgan fingerprint density at radius 3 is 2.50 bits per heavy atom. The first-order chi connectivity index (χ1) is 11.4. The standard InChI is InChI=1S/C15H13ClN4O2S2/c1-20(2)15-17-6-8(7-18-15)14-19-13(9-3-4-11(16)23-9)10(24-14)5-12(21)22/h3-4,6-7H,5H2,1-2H3,(H,21,22). The first-order valence-electron chi connectivity index (χ1n) is 6.91. The predicted octanol–water partition coefficient (Wildman–Crippen LogP) is 3.68. The SMILES string of the molecule is CN(C)c1ncc(-c2nc(-c3ccc(Cl)s3)c(CC(=O)O)s2)cn1. The number of carboxylic acids is 1. The number of carbonyl (C=O) groups is 1. The number of halogens is 1. The van der Waals surface area contributed by atoms with E-state index in [0.717, 1.165) is 10.4 Å². The van der Waals surface area contributed by atoms with Gasteiger partial charge in [-0.05, 0) is 12.1 Å². The van der Waals surface area contributed by atoms with E-state index in [4.69, 9.17) is 16.7 Å². The summed E-state index contributed by atoms with van der Waals surface area (Å²) in [7, 11) is 3.73. The van der Waals surface area contributed by atoms with E-state index in [0.29, 0.717) is 25.9 Å². The number of rotatable bonds is 5. The highest BCUT2D eigenvalue weighted by atomic mass is 35.5. The van der Waals surface area contributed by atoms with Crippen molar-refractivity contribution in [3.63, 3.8) is 0 Å². The van der Waals surface area contributed by atoms with Gasteiger partial charge in [0.15, 0.2) is 0 Å². The Bertz CT molecular complexity index is 874. The zero-order valence-electron chi connectivity index (χ0n) is 12.9. The molecule has 0 aromatic carbocycles. The van der Waals surface area contributed by atoms with Gasteiger partial charge in [-0.25, -0.2) is 15.0 Å². The number of anilines is 1. The van der Waals surface area contributed by atoms with Crippen LogP contribution < -0.4 is 4.90 Å². The Morgan fingerprint density at radius 1 is 1.25 bits per heavy atom. The molecule has 1 N–H and O–H groups in total. The fraction of sp³-hybridized carbons (Fsp3) is 0.200. The normalized spacial score (nSPS) is 10.8. The second kappa shape index (κ2) is 6.84. The van der Waals surface area contributed by atoms with E-state index >= 15 is 0 Å². The molecule has 0 bridgehead atoms. The van der Waals surface area contributed by atoms with Crippen molar-refractivity contribution >= 4 is 46.2 Å². The number of aromatic nitrogens is 3. The highest BCUT2D eigenvalue weighted by Gasteiger charge is 2.18. The van der Waals surface area contributed by atoms with Crippen LogP contribution in [0.2, 0.25) is 4.34 Å². The summed E-state index contributed by atoms with van der Waals surface area (Å²) >= 11 is 8.71. The van der Waals surface area contributed by atoms with Gasteiger partial charge in [-0.3, -0.25) is 4.79 Å². The van der Waals surface area contributed by atoms with E-state index in [-0.39, 0.29) is 6.42 Å². The van der Waals surface area contributed by atoms with E-state index in [9.17, 15) is 4.79 Å². The minimum absolute atomic E-state index is 0.0842. The van der Waals surface area contributed by atoms with Crippen molar-refractivity contribution in [2.24, 2.45) is 0 Å². The average Bonchev–Trinajstić information content (AvgIpc) is 3.13. The summed E-state index contributed by atoms with van der Waals surface area (Å²) in [6.45, 7) is 0. The third-order valence-electron chi connectivity index (χ3n) is 3.10. The largest absolute Gasteiger partial charge is 0.481 e. The van der Waals surface area contributed by atoms with Crippen molar-refractivity contribution in [2.75, 3.05) is 19.0 Å². The lowest BCUT2D eigenvalue weighted by molar-refractivity contribution is -0.136. The number of carboxylic acid groups (broad SMARTS) is 1. The maximum absolute atomic E-state index is 11.1. The van der Waals surface area contributed by atoms with Crippen LogP contribution in [0.15, 0.2) is 24.5 Å². The molecule has 0 saturated carbocycles. The van der Waals surface area contributed by atoms with Gasteiger partial charge in [-0.1, -0.05) is 11.6 Å². The molecule has 0 radical (unpaired) electrons. The lowest BCUT2D eigenvalue weighted by Crippen LogP contribution is -2.12. The summed E-state index contributed by atoms with van der Waals surface area (Å²) < 4.78 is 0.638. The molecule has 9 heteroatoms. The van der Waals surface area contributed by atoms with Crippen LogP contribution in [-0.4, -0.2) is 40.1 Å². The van der Waals surface area contributed by atoms with Gasteiger partial charge in [0.25, 0.3) is 0 Å². The molecule has 3 rings (SSSR count). The van der Waals surface area contributed by atoms with Crippen LogP contribution in [0.4, 0.5) is 5.95 Å². The lowest BCUT2D eigenvalue weighted by Gasteiger charge is -2.08. The topological polar surface area (TPSA) is 79.2 Å². The second-order valence-electron chi connectivity index (χ2n) is 5.13. The molecular formula is C15H13ClN4O2S2. The van der Waals surface area contributed by atoms with E-state index < -0.39 is 5.97 Å². The van der Waals surface area contributed by atoms with Crippen molar-refractivity contribution in [3.8, 4) is 21.1 Å². The molecule has 124 valence electrons. The molecule has 0 fully saturated rings. The van der Waals surface area contributed by atoms with Gasteiger partial charge in [0.2, 0.25) is 5.95 Å². The van der Waals surface area contributed by atoms with Gasteiger partial charge < -0.3 is 10.0 Å². The first-order valence-corrected chi connectivity index (χ1v) is 8.92. The lowest BCUT2D eigenvalue weighted by atomic mass is 10.2. The van der Waals surface area contributed by atoms with E-state index in [1.807, 2.05) is 20.2 Å². The summed E-state index contributed by atoms with van der Waals surface area (Å²) in [5.74, 6) is -0.292. The molecule has 24 heavy (non-hydrogen) atoms. The monoisotopic (exact) mass is 380 g/mol. The molecule has 3 aromatic heterocycles. The van der Waals surface area contributed by atoms with Gasteiger partial charge in [0.1, 0.15) is 5.01 Å². The molecule has 0 aliphatic carbocycles. The molecule has 0 unspecified atom stereocenters. The predicted molar refractivity (Wildman–Crippen MR) is 97.1 cm³/mol. The van der Waals surface area contributed by atoms with Crippen LogP contribution in [0, 0.1) is 0 Å². The Labute approximate surface area is 151 Å². The van der Waals surface area contributed by atoms with Crippen molar-refractivity contribution in [2.45, 2.75) is 6.42 Å². The van der Waals surface area contributed by atoms with Gasteiger partial charge in [0, 0.05) is 36.9 Å². The van der Waals surface area contributed by atoms with E-state index in [1.165, 1.54) is 22.7 Å². The summed E-state index contributed by atoms with van der Waals surface area (Å²) in [5.41, 5.74) is 1.41. The van der Waals surface area contributed by atoms with Crippen LogP contribution in [-0.2, 0) is 11.2 Å². The summed E-state index contributed by atoms with van der Waals surface area (Å²) in [6.07, 6.45) is 3.30. The molecular weight excluding hydrogens is 368 g/mol. The number of hydrogen-bond acceptors (Lipinski definition) is 7. The minimum Gasteiger partial charge on any atom is -0.481 e. The van der Waals surface area contributed by atoms with Crippen molar-refractivity contribution in [1.82, 2.24) is 15.0 Å². The van der Waals surface area contributed by atoms with Crippen LogP contribution in [0.25, 0.3) is 21.1 Å². The molecule has 0 aliphatic heterocycles.